The lowest BCUT2D eigenvalue weighted by Crippen LogP contribution is -2.47. The fourth-order valence-electron chi connectivity index (χ4n) is 2.59. The molecular formula is C18H18ClN3O2. The highest BCUT2D eigenvalue weighted by atomic mass is 35.5. The number of nitrogens with one attached hydrogen (secondary N) is 1. The van der Waals surface area contributed by atoms with Gasteiger partial charge in [0.25, 0.3) is 5.91 Å². The van der Waals surface area contributed by atoms with Crippen LogP contribution >= 0.6 is 11.6 Å². The van der Waals surface area contributed by atoms with Gasteiger partial charge in [-0.2, -0.15) is 0 Å². The van der Waals surface area contributed by atoms with Crippen molar-refractivity contribution in [1.29, 1.82) is 0 Å². The summed E-state index contributed by atoms with van der Waals surface area (Å²) in [6, 6.07) is 14.6. The highest BCUT2D eigenvalue weighted by molar-refractivity contribution is 6.30. The molecule has 0 fully saturated rings. The van der Waals surface area contributed by atoms with Crippen molar-refractivity contribution < 1.29 is 9.53 Å². The first-order valence-corrected chi connectivity index (χ1v) is 8.09. The second-order valence-electron chi connectivity index (χ2n) is 5.34. The summed E-state index contributed by atoms with van der Waals surface area (Å²) in [4.78, 5) is 19.1. The Labute approximate surface area is 145 Å². The molecule has 1 aliphatic rings. The van der Waals surface area contributed by atoms with Gasteiger partial charge in [0.1, 0.15) is 5.75 Å². The van der Waals surface area contributed by atoms with Crippen LogP contribution in [0.3, 0.4) is 0 Å². The second-order valence-corrected chi connectivity index (χ2v) is 5.78. The van der Waals surface area contributed by atoms with Crippen LogP contribution in [0, 0.1) is 0 Å². The number of hydrogen-bond donors (Lipinski definition) is 1. The number of anilines is 1. The van der Waals surface area contributed by atoms with Gasteiger partial charge in [-0.1, -0.05) is 23.7 Å². The number of hydrogen-bond acceptors (Lipinski definition) is 4. The molecule has 1 aliphatic heterocycles. The van der Waals surface area contributed by atoms with E-state index < -0.39 is 0 Å². The molecule has 24 heavy (non-hydrogen) atoms. The Hall–Kier alpha value is -2.53. The maximum atomic E-state index is 12.6. The molecule has 5 nitrogen and oxygen atoms in total. The van der Waals surface area contributed by atoms with E-state index in [0.29, 0.717) is 28.8 Å². The van der Waals surface area contributed by atoms with E-state index in [9.17, 15) is 4.79 Å². The summed E-state index contributed by atoms with van der Waals surface area (Å²) < 4.78 is 5.25. The van der Waals surface area contributed by atoms with Gasteiger partial charge in [-0.05, 0) is 42.8 Å². The number of rotatable bonds is 3. The normalized spacial score (nSPS) is 14.1. The summed E-state index contributed by atoms with van der Waals surface area (Å²) >= 11 is 5.95. The van der Waals surface area contributed by atoms with Crippen molar-refractivity contribution in [2.75, 3.05) is 25.1 Å². The molecule has 0 spiro atoms. The van der Waals surface area contributed by atoms with Crippen LogP contribution in [0.25, 0.3) is 0 Å². The molecule has 0 atom stereocenters. The fourth-order valence-corrected chi connectivity index (χ4v) is 2.71. The molecule has 1 heterocycles. The maximum absolute atomic E-state index is 12.6. The number of carbonyl (C=O) groups excluding carboxylic acids is 1. The molecule has 0 aliphatic carbocycles. The number of para-hydroxylation sites is 1. The van der Waals surface area contributed by atoms with Gasteiger partial charge in [-0.3, -0.25) is 15.1 Å². The minimum Gasteiger partial charge on any atom is -0.496 e. The number of amides is 1. The van der Waals surface area contributed by atoms with Crippen molar-refractivity contribution in [1.82, 2.24) is 5.32 Å². The van der Waals surface area contributed by atoms with E-state index in [1.54, 1.807) is 25.3 Å². The first kappa shape index (κ1) is 16.3. The summed E-state index contributed by atoms with van der Waals surface area (Å²) in [5, 5.41) is 3.57. The van der Waals surface area contributed by atoms with Gasteiger partial charge >= 0.3 is 0 Å². The predicted molar refractivity (Wildman–Crippen MR) is 96.2 cm³/mol. The molecule has 0 unspecified atom stereocenters. The van der Waals surface area contributed by atoms with Crippen LogP contribution in [0.5, 0.6) is 5.75 Å². The second kappa shape index (κ2) is 7.36. The molecule has 2 aromatic rings. The number of carbonyl (C=O) groups is 1. The Balaban J connectivity index is 1.82. The molecule has 0 aromatic heterocycles. The maximum Gasteiger partial charge on any atom is 0.261 e. The van der Waals surface area contributed by atoms with Crippen LogP contribution in [0.2, 0.25) is 5.02 Å². The number of guanidine groups is 1. The third kappa shape index (κ3) is 3.51. The van der Waals surface area contributed by atoms with Gasteiger partial charge in [0.05, 0.1) is 12.7 Å². The van der Waals surface area contributed by atoms with Crippen LogP contribution in [-0.4, -0.2) is 32.1 Å². The molecule has 2 aromatic carbocycles. The van der Waals surface area contributed by atoms with Gasteiger partial charge in [0.2, 0.25) is 5.96 Å². The third-order valence-corrected chi connectivity index (χ3v) is 4.02. The highest BCUT2D eigenvalue weighted by Gasteiger charge is 2.21. The Kier molecular flexibility index (Phi) is 5.01. The van der Waals surface area contributed by atoms with E-state index in [2.05, 4.69) is 10.3 Å². The van der Waals surface area contributed by atoms with Crippen LogP contribution in [0.4, 0.5) is 5.69 Å². The molecule has 0 radical (unpaired) electrons. The Morgan fingerprint density at radius 2 is 1.96 bits per heavy atom. The topological polar surface area (TPSA) is 53.9 Å². The number of halogens is 1. The Bertz CT molecular complexity index is 759. The predicted octanol–water partition coefficient (Wildman–Crippen LogP) is 3.34. The van der Waals surface area contributed by atoms with Crippen molar-refractivity contribution in [2.24, 2.45) is 4.99 Å². The molecule has 6 heteroatoms. The minimum absolute atomic E-state index is 0.243. The average Bonchev–Trinajstić information content (AvgIpc) is 2.63. The zero-order chi connectivity index (χ0) is 16.9. The average molecular weight is 344 g/mol. The van der Waals surface area contributed by atoms with E-state index in [1.807, 2.05) is 35.2 Å². The summed E-state index contributed by atoms with van der Waals surface area (Å²) in [6.45, 7) is 1.47. The molecule has 1 N–H and O–H groups in total. The van der Waals surface area contributed by atoms with Crippen molar-refractivity contribution in [3.05, 3.63) is 59.1 Å². The van der Waals surface area contributed by atoms with Gasteiger partial charge in [0, 0.05) is 23.8 Å². The fraction of sp³-hybridized carbons (Fsp3) is 0.222. The van der Waals surface area contributed by atoms with Gasteiger partial charge in [-0.15, -0.1) is 0 Å². The van der Waals surface area contributed by atoms with Crippen molar-refractivity contribution in [2.45, 2.75) is 6.42 Å². The SMILES string of the molecule is COc1ccccc1C(=O)NC1=NCCCN1c1ccc(Cl)cc1. The number of aliphatic imine (C=N–C) groups is 1. The molecule has 0 saturated carbocycles. The van der Waals surface area contributed by atoms with Crippen LogP contribution in [-0.2, 0) is 0 Å². The largest absolute Gasteiger partial charge is 0.496 e. The van der Waals surface area contributed by atoms with Crippen LogP contribution < -0.4 is 15.0 Å². The lowest BCUT2D eigenvalue weighted by molar-refractivity contribution is 0.0973. The molecule has 3 rings (SSSR count). The van der Waals surface area contributed by atoms with Crippen molar-refractivity contribution >= 4 is 29.2 Å². The van der Waals surface area contributed by atoms with E-state index >= 15 is 0 Å². The van der Waals surface area contributed by atoms with E-state index in [1.165, 1.54) is 0 Å². The smallest absolute Gasteiger partial charge is 0.261 e. The zero-order valence-corrected chi connectivity index (χ0v) is 14.1. The zero-order valence-electron chi connectivity index (χ0n) is 13.3. The monoisotopic (exact) mass is 343 g/mol. The Morgan fingerprint density at radius 3 is 2.71 bits per heavy atom. The molecule has 1 amide bonds. The van der Waals surface area contributed by atoms with Gasteiger partial charge in [0.15, 0.2) is 0 Å². The first-order chi connectivity index (χ1) is 11.7. The van der Waals surface area contributed by atoms with Crippen LogP contribution in [0.1, 0.15) is 16.8 Å². The van der Waals surface area contributed by atoms with Crippen molar-refractivity contribution in [3.8, 4) is 5.75 Å². The highest BCUT2D eigenvalue weighted by Crippen LogP contribution is 2.21. The summed E-state index contributed by atoms with van der Waals surface area (Å²) in [5.41, 5.74) is 1.42. The summed E-state index contributed by atoms with van der Waals surface area (Å²) in [5.74, 6) is 0.830. The third-order valence-electron chi connectivity index (χ3n) is 3.77. The van der Waals surface area contributed by atoms with Crippen molar-refractivity contribution in [3.63, 3.8) is 0 Å². The standard InChI is InChI=1S/C18H18ClN3O2/c1-24-16-6-3-2-5-15(16)17(23)21-18-20-11-4-12-22(18)14-9-7-13(19)8-10-14/h2-3,5-10H,4,11-12H2,1H3,(H,20,21,23). The number of methoxy groups -OCH3 is 1. The lowest BCUT2D eigenvalue weighted by Gasteiger charge is -2.29. The minimum atomic E-state index is -0.243. The summed E-state index contributed by atoms with van der Waals surface area (Å²) in [6.07, 6.45) is 0.927. The molecule has 0 saturated heterocycles. The summed E-state index contributed by atoms with van der Waals surface area (Å²) in [7, 11) is 1.55. The number of benzene rings is 2. The first-order valence-electron chi connectivity index (χ1n) is 7.71. The van der Waals surface area contributed by atoms with E-state index in [-0.39, 0.29) is 5.91 Å². The van der Waals surface area contributed by atoms with Gasteiger partial charge < -0.3 is 9.64 Å². The molecule has 124 valence electrons. The molecular weight excluding hydrogens is 326 g/mol. The van der Waals surface area contributed by atoms with E-state index in [4.69, 9.17) is 16.3 Å². The quantitative estimate of drug-likeness (QED) is 0.929. The molecule has 0 bridgehead atoms. The van der Waals surface area contributed by atoms with Crippen LogP contribution in [0.15, 0.2) is 53.5 Å². The van der Waals surface area contributed by atoms with E-state index in [0.717, 1.165) is 18.7 Å². The number of nitrogens with zero attached hydrogens (tertiary/aromatic N) is 2. The lowest BCUT2D eigenvalue weighted by atomic mass is 10.2. The number of ether oxygens (including phenoxy) is 1. The Morgan fingerprint density at radius 1 is 1.21 bits per heavy atom. The van der Waals surface area contributed by atoms with Gasteiger partial charge in [-0.25, -0.2) is 0 Å².